The van der Waals surface area contributed by atoms with Crippen molar-refractivity contribution < 1.29 is 4.43 Å². The quantitative estimate of drug-likeness (QED) is 0.553. The zero-order valence-electron chi connectivity index (χ0n) is 14.3. The second kappa shape index (κ2) is 7.92. The van der Waals surface area contributed by atoms with E-state index in [4.69, 9.17) is 4.43 Å². The number of nitrogens with one attached hydrogen (secondary N) is 1. The molecule has 0 spiro atoms. The van der Waals surface area contributed by atoms with Crippen molar-refractivity contribution in [3.63, 3.8) is 0 Å². The molecule has 0 aromatic heterocycles. The van der Waals surface area contributed by atoms with Crippen LogP contribution in [0, 0.1) is 0 Å². The molecule has 1 atom stereocenters. The Kier molecular flexibility index (Phi) is 6.85. The Hall–Kier alpha value is -0.903. The van der Waals surface area contributed by atoms with Crippen molar-refractivity contribution in [2.24, 2.45) is 0 Å². The van der Waals surface area contributed by atoms with Gasteiger partial charge >= 0.3 is 0 Å². The summed E-state index contributed by atoms with van der Waals surface area (Å²) in [5.74, 6) is 0. The molecule has 0 bridgehead atoms. The van der Waals surface area contributed by atoms with Gasteiger partial charge in [-0.15, -0.1) is 6.58 Å². The molecule has 0 fully saturated rings. The standard InChI is InChI=1S/C18H31NOSi/c1-7-11-17(15-20-21(5,6)18(2,3)4)19-14-16-12-9-8-10-13-16/h7-10,12-13,17,19H,1,11,14-15H2,2-6H3/t17-/m0/s1. The van der Waals surface area contributed by atoms with Crippen LogP contribution in [-0.2, 0) is 11.0 Å². The molecule has 2 nitrogen and oxygen atoms in total. The first kappa shape index (κ1) is 18.1. The van der Waals surface area contributed by atoms with Crippen LogP contribution in [0.4, 0.5) is 0 Å². The molecular formula is C18H31NOSi. The van der Waals surface area contributed by atoms with Crippen LogP contribution in [0.3, 0.4) is 0 Å². The largest absolute Gasteiger partial charge is 0.415 e. The van der Waals surface area contributed by atoms with Crippen LogP contribution in [0.1, 0.15) is 32.8 Å². The Labute approximate surface area is 131 Å². The number of hydrogen-bond donors (Lipinski definition) is 1. The van der Waals surface area contributed by atoms with E-state index in [-0.39, 0.29) is 5.04 Å². The van der Waals surface area contributed by atoms with Crippen LogP contribution in [0.5, 0.6) is 0 Å². The SMILES string of the molecule is C=CC[C@@H](CO[Si](C)(C)C(C)(C)C)NCc1ccccc1. The van der Waals surface area contributed by atoms with Crippen LogP contribution >= 0.6 is 0 Å². The second-order valence-corrected chi connectivity index (χ2v) is 12.0. The fraction of sp³-hybridized carbons (Fsp3) is 0.556. The van der Waals surface area contributed by atoms with Crippen molar-refractivity contribution in [3.05, 3.63) is 48.6 Å². The fourth-order valence-corrected chi connectivity index (χ4v) is 2.85. The van der Waals surface area contributed by atoms with E-state index < -0.39 is 8.32 Å². The van der Waals surface area contributed by atoms with Crippen molar-refractivity contribution in [1.82, 2.24) is 5.32 Å². The smallest absolute Gasteiger partial charge is 0.192 e. The van der Waals surface area contributed by atoms with Gasteiger partial charge in [-0.05, 0) is 30.1 Å². The van der Waals surface area contributed by atoms with E-state index in [0.717, 1.165) is 19.6 Å². The molecule has 0 unspecified atom stereocenters. The predicted octanol–water partition coefficient (Wildman–Crippen LogP) is 4.74. The van der Waals surface area contributed by atoms with E-state index in [9.17, 15) is 0 Å². The van der Waals surface area contributed by atoms with Gasteiger partial charge in [-0.25, -0.2) is 0 Å². The zero-order valence-corrected chi connectivity index (χ0v) is 15.3. The first-order valence-corrected chi connectivity index (χ1v) is 10.7. The maximum absolute atomic E-state index is 6.33. The van der Waals surface area contributed by atoms with Gasteiger partial charge in [0.2, 0.25) is 0 Å². The highest BCUT2D eigenvalue weighted by Crippen LogP contribution is 2.36. The summed E-state index contributed by atoms with van der Waals surface area (Å²) in [6.45, 7) is 16.9. The van der Waals surface area contributed by atoms with E-state index in [0.29, 0.717) is 6.04 Å². The maximum Gasteiger partial charge on any atom is 0.192 e. The summed E-state index contributed by atoms with van der Waals surface area (Å²) in [5.41, 5.74) is 1.30. The molecule has 0 radical (unpaired) electrons. The van der Waals surface area contributed by atoms with Crippen LogP contribution < -0.4 is 5.32 Å². The lowest BCUT2D eigenvalue weighted by molar-refractivity contribution is 0.242. The molecule has 0 saturated heterocycles. The Morgan fingerprint density at radius 3 is 2.38 bits per heavy atom. The molecule has 0 saturated carbocycles. The van der Waals surface area contributed by atoms with Gasteiger partial charge in [0.15, 0.2) is 8.32 Å². The number of rotatable bonds is 8. The zero-order chi connectivity index (χ0) is 15.9. The minimum Gasteiger partial charge on any atom is -0.415 e. The summed E-state index contributed by atoms with van der Waals surface area (Å²) in [7, 11) is -1.68. The molecule has 0 aliphatic heterocycles. The Balaban J connectivity index is 2.52. The highest BCUT2D eigenvalue weighted by molar-refractivity contribution is 6.74. The third kappa shape index (κ3) is 6.16. The molecule has 1 rings (SSSR count). The molecule has 118 valence electrons. The average molecular weight is 306 g/mol. The molecule has 21 heavy (non-hydrogen) atoms. The van der Waals surface area contributed by atoms with Crippen molar-refractivity contribution in [1.29, 1.82) is 0 Å². The van der Waals surface area contributed by atoms with E-state index in [1.165, 1.54) is 5.56 Å². The van der Waals surface area contributed by atoms with Crippen molar-refractivity contribution in [2.75, 3.05) is 6.61 Å². The van der Waals surface area contributed by atoms with Crippen LogP contribution in [0.15, 0.2) is 43.0 Å². The summed E-state index contributed by atoms with van der Waals surface area (Å²) in [6.07, 6.45) is 2.90. The van der Waals surface area contributed by atoms with Gasteiger partial charge in [-0.2, -0.15) is 0 Å². The summed E-state index contributed by atoms with van der Waals surface area (Å²) in [4.78, 5) is 0. The molecule has 3 heteroatoms. The monoisotopic (exact) mass is 305 g/mol. The molecular weight excluding hydrogens is 274 g/mol. The highest BCUT2D eigenvalue weighted by Gasteiger charge is 2.37. The lowest BCUT2D eigenvalue weighted by Gasteiger charge is -2.37. The molecule has 0 aliphatic rings. The minimum atomic E-state index is -1.68. The van der Waals surface area contributed by atoms with Crippen LogP contribution in [0.2, 0.25) is 18.1 Å². The third-order valence-electron chi connectivity index (χ3n) is 4.34. The van der Waals surface area contributed by atoms with Crippen LogP contribution in [-0.4, -0.2) is 21.0 Å². The Bertz CT molecular complexity index is 423. The Morgan fingerprint density at radius 1 is 1.24 bits per heavy atom. The maximum atomic E-state index is 6.33. The summed E-state index contributed by atoms with van der Waals surface area (Å²) < 4.78 is 6.33. The summed E-state index contributed by atoms with van der Waals surface area (Å²) >= 11 is 0. The average Bonchev–Trinajstić information content (AvgIpc) is 2.42. The van der Waals surface area contributed by atoms with Gasteiger partial charge < -0.3 is 9.74 Å². The molecule has 1 N–H and O–H groups in total. The first-order valence-electron chi connectivity index (χ1n) is 7.78. The van der Waals surface area contributed by atoms with E-state index in [1.54, 1.807) is 0 Å². The van der Waals surface area contributed by atoms with Crippen molar-refractivity contribution >= 4 is 8.32 Å². The Morgan fingerprint density at radius 2 is 1.86 bits per heavy atom. The molecule has 0 heterocycles. The normalized spacial score (nSPS) is 14.0. The topological polar surface area (TPSA) is 21.3 Å². The fourth-order valence-electron chi connectivity index (χ4n) is 1.79. The van der Waals surface area contributed by atoms with Gasteiger partial charge in [0.05, 0.1) is 0 Å². The van der Waals surface area contributed by atoms with E-state index in [2.05, 4.69) is 70.0 Å². The number of benzene rings is 1. The lowest BCUT2D eigenvalue weighted by Crippen LogP contribution is -2.45. The van der Waals surface area contributed by atoms with Crippen molar-refractivity contribution in [3.8, 4) is 0 Å². The van der Waals surface area contributed by atoms with Crippen LogP contribution in [0.25, 0.3) is 0 Å². The summed E-state index contributed by atoms with van der Waals surface area (Å²) in [5, 5.41) is 3.84. The second-order valence-electron chi connectivity index (χ2n) is 7.16. The highest BCUT2D eigenvalue weighted by atomic mass is 28.4. The lowest BCUT2D eigenvalue weighted by atomic mass is 10.2. The van der Waals surface area contributed by atoms with E-state index in [1.807, 2.05) is 12.1 Å². The van der Waals surface area contributed by atoms with E-state index >= 15 is 0 Å². The third-order valence-corrected chi connectivity index (χ3v) is 8.84. The number of hydrogen-bond acceptors (Lipinski definition) is 2. The summed E-state index contributed by atoms with van der Waals surface area (Å²) in [6, 6.07) is 10.8. The predicted molar refractivity (Wildman–Crippen MR) is 95.0 cm³/mol. The minimum absolute atomic E-state index is 0.255. The van der Waals surface area contributed by atoms with Gasteiger partial charge in [0, 0.05) is 19.2 Å². The molecule has 1 aromatic rings. The first-order chi connectivity index (χ1) is 9.76. The van der Waals surface area contributed by atoms with Gasteiger partial charge in [0.1, 0.15) is 0 Å². The molecule has 0 aliphatic carbocycles. The molecule has 0 amide bonds. The van der Waals surface area contributed by atoms with Gasteiger partial charge in [-0.3, -0.25) is 0 Å². The van der Waals surface area contributed by atoms with Crippen molar-refractivity contribution in [2.45, 2.75) is 57.9 Å². The molecule has 1 aromatic carbocycles. The van der Waals surface area contributed by atoms with Gasteiger partial charge in [0.25, 0.3) is 0 Å². The van der Waals surface area contributed by atoms with Gasteiger partial charge in [-0.1, -0.05) is 57.2 Å².